The van der Waals surface area contributed by atoms with Crippen molar-refractivity contribution >= 4 is 35.0 Å². The first kappa shape index (κ1) is 23.7. The molecule has 0 saturated heterocycles. The van der Waals surface area contributed by atoms with E-state index >= 15 is 0 Å². The number of rotatable bonds is 10. The minimum Gasteiger partial charge on any atom is -0.497 e. The summed E-state index contributed by atoms with van der Waals surface area (Å²) in [6.07, 6.45) is 0. The Morgan fingerprint density at radius 3 is 2.42 bits per heavy atom. The monoisotopic (exact) mass is 471 g/mol. The number of hydrogen-bond donors (Lipinski definition) is 3. The predicted octanol–water partition coefficient (Wildman–Crippen LogP) is 2.58. The summed E-state index contributed by atoms with van der Waals surface area (Å²) in [5, 5.41) is 15.4. The van der Waals surface area contributed by atoms with Gasteiger partial charge in [0.05, 0.1) is 38.5 Å². The quantitative estimate of drug-likeness (QED) is 0.176. The first-order chi connectivity index (χ1) is 15.9. The van der Waals surface area contributed by atoms with E-state index in [1.807, 2.05) is 31.2 Å². The van der Waals surface area contributed by atoms with Crippen LogP contribution in [-0.2, 0) is 4.79 Å². The molecule has 1 aromatic heterocycles. The summed E-state index contributed by atoms with van der Waals surface area (Å²) in [6.45, 7) is 1.85. The molecule has 4 N–H and O–H groups in total. The number of amides is 1. The first-order valence-corrected chi connectivity index (χ1v) is 10.7. The van der Waals surface area contributed by atoms with Gasteiger partial charge in [-0.25, -0.2) is 10.1 Å². The third-order valence-corrected chi connectivity index (χ3v) is 5.45. The average molecular weight is 472 g/mol. The number of hydrogen-bond acceptors (Lipinski definition) is 10. The van der Waals surface area contributed by atoms with Crippen molar-refractivity contribution < 1.29 is 19.0 Å². The van der Waals surface area contributed by atoms with Crippen molar-refractivity contribution in [2.75, 3.05) is 43.7 Å². The zero-order valence-electron chi connectivity index (χ0n) is 18.7. The van der Waals surface area contributed by atoms with E-state index in [9.17, 15) is 4.79 Å². The number of anilines is 2. The van der Waals surface area contributed by atoms with E-state index in [0.717, 1.165) is 28.8 Å². The molecule has 3 rings (SSSR count). The molecule has 11 nitrogen and oxygen atoms in total. The molecule has 0 fully saturated rings. The van der Waals surface area contributed by atoms with Gasteiger partial charge in [-0.2, -0.15) is 5.10 Å². The van der Waals surface area contributed by atoms with Crippen LogP contribution in [0.1, 0.15) is 12.5 Å². The molecule has 33 heavy (non-hydrogen) atoms. The number of nitrogens with zero attached hydrogens (tertiary/aromatic N) is 4. The highest BCUT2D eigenvalue weighted by Gasteiger charge is 2.14. The molecule has 0 bridgehead atoms. The lowest BCUT2D eigenvalue weighted by Gasteiger charge is -2.11. The summed E-state index contributed by atoms with van der Waals surface area (Å²) in [5.41, 5.74) is 4.96. The number of carbonyl (C=O) groups excluding carboxylic acids is 1. The van der Waals surface area contributed by atoms with E-state index in [-0.39, 0.29) is 17.6 Å². The van der Waals surface area contributed by atoms with Crippen LogP contribution in [-0.4, -0.2) is 53.6 Å². The summed E-state index contributed by atoms with van der Waals surface area (Å²) >= 11 is 1.14. The zero-order valence-corrected chi connectivity index (χ0v) is 19.5. The Hall–Kier alpha value is -3.93. The van der Waals surface area contributed by atoms with Gasteiger partial charge in [0.25, 0.3) is 5.95 Å². The standard InChI is InChI=1S/C21H25N7O4S/c1-13(14-5-7-15(30-2)8-6-14)24-25-20-26-27-21(28(20)22)33-12-19(29)23-17-10-9-16(31-3)11-18(17)32-4/h5-11H,12,22H2,1-4H3,(H,23,29)(H,25,26)/b24-13+. The third kappa shape index (κ3) is 6.07. The maximum Gasteiger partial charge on any atom is 0.264 e. The number of nitrogens with two attached hydrogens (primary N) is 1. The van der Waals surface area contributed by atoms with Crippen LogP contribution in [0.4, 0.5) is 11.6 Å². The Morgan fingerprint density at radius 2 is 1.76 bits per heavy atom. The smallest absolute Gasteiger partial charge is 0.264 e. The van der Waals surface area contributed by atoms with Gasteiger partial charge >= 0.3 is 0 Å². The summed E-state index contributed by atoms with van der Waals surface area (Å²) in [4.78, 5) is 12.4. The minimum absolute atomic E-state index is 0.0681. The molecule has 0 atom stereocenters. The number of nitrogen functional groups attached to an aromatic ring is 1. The number of hydrazone groups is 1. The highest BCUT2D eigenvalue weighted by atomic mass is 32.2. The normalized spacial score (nSPS) is 11.1. The fourth-order valence-corrected chi connectivity index (χ4v) is 3.36. The minimum atomic E-state index is -0.255. The molecule has 0 aliphatic carbocycles. The van der Waals surface area contributed by atoms with Crippen LogP contribution in [0, 0.1) is 0 Å². The van der Waals surface area contributed by atoms with Gasteiger partial charge in [-0.1, -0.05) is 11.8 Å². The number of nitrogens with one attached hydrogen (secondary N) is 2. The number of benzene rings is 2. The largest absolute Gasteiger partial charge is 0.497 e. The highest BCUT2D eigenvalue weighted by molar-refractivity contribution is 7.99. The summed E-state index contributed by atoms with van der Waals surface area (Å²) in [7, 11) is 4.69. The van der Waals surface area contributed by atoms with Gasteiger partial charge in [0.2, 0.25) is 11.1 Å². The second kappa shape index (κ2) is 11.1. The van der Waals surface area contributed by atoms with Crippen LogP contribution in [0.15, 0.2) is 52.7 Å². The molecule has 3 aromatic rings. The molecule has 1 heterocycles. The number of methoxy groups -OCH3 is 3. The van der Waals surface area contributed by atoms with Crippen molar-refractivity contribution in [3.63, 3.8) is 0 Å². The topological polar surface area (TPSA) is 138 Å². The van der Waals surface area contributed by atoms with E-state index < -0.39 is 0 Å². The molecular formula is C21H25N7O4S. The summed E-state index contributed by atoms with van der Waals surface area (Å²) in [6, 6.07) is 12.6. The SMILES string of the molecule is COc1ccc(/C(C)=N/Nc2nnc(SCC(=O)Nc3ccc(OC)cc3OC)n2N)cc1. The van der Waals surface area contributed by atoms with Gasteiger partial charge in [0, 0.05) is 6.07 Å². The third-order valence-electron chi connectivity index (χ3n) is 4.51. The summed E-state index contributed by atoms with van der Waals surface area (Å²) < 4.78 is 16.8. The second-order valence-corrected chi connectivity index (χ2v) is 7.56. The van der Waals surface area contributed by atoms with Crippen molar-refractivity contribution in [1.82, 2.24) is 14.9 Å². The molecule has 12 heteroatoms. The molecule has 0 spiro atoms. The van der Waals surface area contributed by atoms with E-state index in [2.05, 4.69) is 26.0 Å². The van der Waals surface area contributed by atoms with Gasteiger partial charge in [-0.05, 0) is 48.9 Å². The maximum absolute atomic E-state index is 12.4. The molecule has 0 saturated carbocycles. The fourth-order valence-electron chi connectivity index (χ4n) is 2.70. The molecule has 174 valence electrons. The van der Waals surface area contributed by atoms with Gasteiger partial charge in [-0.3, -0.25) is 4.79 Å². The maximum atomic E-state index is 12.4. The first-order valence-electron chi connectivity index (χ1n) is 9.75. The number of ether oxygens (including phenoxy) is 3. The molecule has 0 aliphatic rings. The Bertz CT molecular complexity index is 1130. The van der Waals surface area contributed by atoms with Crippen LogP contribution in [0.2, 0.25) is 0 Å². The Balaban J connectivity index is 1.58. The predicted molar refractivity (Wildman–Crippen MR) is 128 cm³/mol. The molecule has 2 aromatic carbocycles. The molecular weight excluding hydrogens is 446 g/mol. The van der Waals surface area contributed by atoms with Crippen LogP contribution < -0.4 is 30.8 Å². The van der Waals surface area contributed by atoms with Crippen LogP contribution in [0.25, 0.3) is 0 Å². The van der Waals surface area contributed by atoms with Crippen molar-refractivity contribution in [3.05, 3.63) is 48.0 Å². The molecule has 0 aliphatic heterocycles. The van der Waals surface area contributed by atoms with Crippen LogP contribution in [0.5, 0.6) is 17.2 Å². The molecule has 0 unspecified atom stereocenters. The van der Waals surface area contributed by atoms with E-state index in [1.54, 1.807) is 32.4 Å². The highest BCUT2D eigenvalue weighted by Crippen LogP contribution is 2.29. The number of carbonyl (C=O) groups is 1. The second-order valence-electron chi connectivity index (χ2n) is 6.62. The van der Waals surface area contributed by atoms with Gasteiger partial charge in [0.15, 0.2) is 0 Å². The van der Waals surface area contributed by atoms with Gasteiger partial charge in [0.1, 0.15) is 17.2 Å². The van der Waals surface area contributed by atoms with Gasteiger partial charge in [-0.15, -0.1) is 10.2 Å². The zero-order chi connectivity index (χ0) is 23.8. The summed E-state index contributed by atoms with van der Waals surface area (Å²) in [5.74, 6) is 7.97. The van der Waals surface area contributed by atoms with Crippen LogP contribution >= 0.6 is 11.8 Å². The number of aromatic nitrogens is 3. The van der Waals surface area contributed by atoms with E-state index in [4.69, 9.17) is 20.1 Å². The van der Waals surface area contributed by atoms with Crippen LogP contribution in [0.3, 0.4) is 0 Å². The van der Waals surface area contributed by atoms with Crippen molar-refractivity contribution in [1.29, 1.82) is 0 Å². The fraction of sp³-hybridized carbons (Fsp3) is 0.238. The van der Waals surface area contributed by atoms with Crippen molar-refractivity contribution in [2.24, 2.45) is 5.10 Å². The average Bonchev–Trinajstić information content (AvgIpc) is 3.20. The van der Waals surface area contributed by atoms with Crippen molar-refractivity contribution in [3.8, 4) is 17.2 Å². The molecule has 0 radical (unpaired) electrons. The number of thioether (sulfide) groups is 1. The lowest BCUT2D eigenvalue weighted by molar-refractivity contribution is -0.113. The van der Waals surface area contributed by atoms with E-state index in [0.29, 0.717) is 22.3 Å². The lowest BCUT2D eigenvalue weighted by Crippen LogP contribution is -2.17. The molecule has 1 amide bonds. The Kier molecular flexibility index (Phi) is 7.97. The Morgan fingerprint density at radius 1 is 1.06 bits per heavy atom. The van der Waals surface area contributed by atoms with E-state index in [1.165, 1.54) is 11.8 Å². The van der Waals surface area contributed by atoms with Gasteiger partial charge < -0.3 is 25.4 Å². The van der Waals surface area contributed by atoms with Crippen molar-refractivity contribution in [2.45, 2.75) is 12.1 Å². The Labute approximate surface area is 195 Å². The lowest BCUT2D eigenvalue weighted by atomic mass is 10.1.